The molecule has 3 rings (SSSR count). The Labute approximate surface area is 181 Å². The van der Waals surface area contributed by atoms with Crippen molar-refractivity contribution in [2.45, 2.75) is 24.8 Å². The SMILES string of the molecule is CCc1ccc(Cn2nccc2NC(=O)CN(C)S(=O)(=O)c2ccc(C#N)cc2)cc1. The number of hydrogen-bond donors (Lipinski definition) is 1. The number of amides is 1. The molecule has 0 aliphatic heterocycles. The van der Waals surface area contributed by atoms with E-state index in [1.165, 1.54) is 36.9 Å². The van der Waals surface area contributed by atoms with Crippen molar-refractivity contribution >= 4 is 21.7 Å². The van der Waals surface area contributed by atoms with Gasteiger partial charge in [0.1, 0.15) is 5.82 Å². The molecule has 0 saturated carbocycles. The predicted octanol–water partition coefficient (Wildman–Crippen LogP) is 2.62. The number of nitrogens with one attached hydrogen (secondary N) is 1. The summed E-state index contributed by atoms with van der Waals surface area (Å²) in [5, 5.41) is 15.8. The molecule has 9 heteroatoms. The molecule has 8 nitrogen and oxygen atoms in total. The molecule has 31 heavy (non-hydrogen) atoms. The van der Waals surface area contributed by atoms with Crippen LogP contribution in [0.1, 0.15) is 23.6 Å². The minimum absolute atomic E-state index is 0.0161. The topological polar surface area (TPSA) is 108 Å². The molecule has 1 N–H and O–H groups in total. The maximum absolute atomic E-state index is 12.7. The first kappa shape index (κ1) is 22.2. The second-order valence-corrected chi connectivity index (χ2v) is 9.03. The lowest BCUT2D eigenvalue weighted by Crippen LogP contribution is -2.35. The summed E-state index contributed by atoms with van der Waals surface area (Å²) in [6.45, 7) is 2.21. The van der Waals surface area contributed by atoms with E-state index in [4.69, 9.17) is 5.26 Å². The van der Waals surface area contributed by atoms with Gasteiger partial charge in [-0.1, -0.05) is 31.2 Å². The maximum Gasteiger partial charge on any atom is 0.243 e. The third kappa shape index (κ3) is 5.36. The summed E-state index contributed by atoms with van der Waals surface area (Å²) in [6.07, 6.45) is 2.54. The van der Waals surface area contributed by atoms with Crippen LogP contribution >= 0.6 is 0 Å². The number of hydrogen-bond acceptors (Lipinski definition) is 5. The first-order valence-electron chi connectivity index (χ1n) is 9.69. The summed E-state index contributed by atoms with van der Waals surface area (Å²) in [6, 6.07) is 17.3. The Hall–Kier alpha value is -3.48. The summed E-state index contributed by atoms with van der Waals surface area (Å²) >= 11 is 0. The van der Waals surface area contributed by atoms with Gasteiger partial charge in [-0.3, -0.25) is 4.79 Å². The van der Waals surface area contributed by atoms with Crippen molar-refractivity contribution in [2.24, 2.45) is 0 Å². The van der Waals surface area contributed by atoms with E-state index in [0.717, 1.165) is 16.3 Å². The predicted molar refractivity (Wildman–Crippen MR) is 117 cm³/mol. The lowest BCUT2D eigenvalue weighted by atomic mass is 10.1. The van der Waals surface area contributed by atoms with Crippen molar-refractivity contribution in [1.82, 2.24) is 14.1 Å². The number of likely N-dealkylation sites (N-methyl/N-ethyl adjacent to an activating group) is 1. The Morgan fingerprint density at radius 3 is 2.35 bits per heavy atom. The molecule has 0 radical (unpaired) electrons. The Balaban J connectivity index is 1.65. The lowest BCUT2D eigenvalue weighted by molar-refractivity contribution is -0.116. The number of nitrogens with zero attached hydrogens (tertiary/aromatic N) is 4. The molecular weight excluding hydrogens is 414 g/mol. The third-order valence-electron chi connectivity index (χ3n) is 4.81. The van der Waals surface area contributed by atoms with Crippen LogP contribution in [0.5, 0.6) is 0 Å². The molecule has 0 aliphatic carbocycles. The van der Waals surface area contributed by atoms with E-state index in [1.807, 2.05) is 18.2 Å². The molecule has 0 fully saturated rings. The molecule has 0 spiro atoms. The smallest absolute Gasteiger partial charge is 0.243 e. The number of carbonyl (C=O) groups is 1. The second kappa shape index (κ2) is 9.55. The van der Waals surface area contributed by atoms with Gasteiger partial charge in [0.2, 0.25) is 15.9 Å². The van der Waals surface area contributed by atoms with Crippen LogP contribution in [0.15, 0.2) is 65.7 Å². The van der Waals surface area contributed by atoms with E-state index < -0.39 is 15.9 Å². The summed E-state index contributed by atoms with van der Waals surface area (Å²) in [4.78, 5) is 12.5. The van der Waals surface area contributed by atoms with E-state index in [9.17, 15) is 13.2 Å². The number of anilines is 1. The molecule has 0 bridgehead atoms. The van der Waals surface area contributed by atoms with Gasteiger partial charge in [0.05, 0.1) is 35.8 Å². The normalized spacial score (nSPS) is 11.3. The highest BCUT2D eigenvalue weighted by molar-refractivity contribution is 7.89. The van der Waals surface area contributed by atoms with Crippen molar-refractivity contribution in [2.75, 3.05) is 18.9 Å². The summed E-state index contributed by atoms with van der Waals surface area (Å²) < 4.78 is 28.0. The van der Waals surface area contributed by atoms with Gasteiger partial charge < -0.3 is 5.32 Å². The first-order chi connectivity index (χ1) is 14.8. The minimum Gasteiger partial charge on any atom is -0.310 e. The molecule has 160 valence electrons. The monoisotopic (exact) mass is 437 g/mol. The van der Waals surface area contributed by atoms with Crippen LogP contribution in [-0.4, -0.2) is 42.0 Å². The van der Waals surface area contributed by atoms with Gasteiger partial charge in [-0.05, 0) is 41.8 Å². The number of carbonyl (C=O) groups excluding carboxylic acids is 1. The molecule has 1 heterocycles. The summed E-state index contributed by atoms with van der Waals surface area (Å²) in [7, 11) is -2.53. The number of benzene rings is 2. The van der Waals surface area contributed by atoms with Crippen LogP contribution in [0.2, 0.25) is 0 Å². The fraction of sp³-hybridized carbons (Fsp3) is 0.227. The molecule has 1 amide bonds. The summed E-state index contributed by atoms with van der Waals surface area (Å²) in [5.74, 6) is -0.00320. The van der Waals surface area contributed by atoms with Crippen molar-refractivity contribution < 1.29 is 13.2 Å². The molecule has 3 aromatic rings. The van der Waals surface area contributed by atoms with Crippen molar-refractivity contribution in [1.29, 1.82) is 5.26 Å². The van der Waals surface area contributed by atoms with E-state index in [-0.39, 0.29) is 11.4 Å². The molecule has 0 atom stereocenters. The third-order valence-corrected chi connectivity index (χ3v) is 6.62. The standard InChI is InChI=1S/C22H23N5O3S/c1-3-17-4-6-19(7-5-17)15-27-21(12-13-24-27)25-22(28)16-26(2)31(29,30)20-10-8-18(14-23)9-11-20/h4-13H,3,15-16H2,1-2H3,(H,25,28). The second-order valence-electron chi connectivity index (χ2n) is 6.99. The number of aromatic nitrogens is 2. The molecular formula is C22H23N5O3S. The number of sulfonamides is 1. The maximum atomic E-state index is 12.7. The van der Waals surface area contributed by atoms with E-state index in [2.05, 4.69) is 29.5 Å². The van der Waals surface area contributed by atoms with Crippen molar-refractivity contribution in [3.05, 3.63) is 77.5 Å². The van der Waals surface area contributed by atoms with E-state index in [0.29, 0.717) is 17.9 Å². The highest BCUT2D eigenvalue weighted by Crippen LogP contribution is 2.16. The van der Waals surface area contributed by atoms with Gasteiger partial charge in [-0.2, -0.15) is 14.7 Å². The van der Waals surface area contributed by atoms with Crippen LogP contribution in [0.25, 0.3) is 0 Å². The molecule has 0 aliphatic rings. The van der Waals surface area contributed by atoms with Crippen LogP contribution in [0.3, 0.4) is 0 Å². The minimum atomic E-state index is -3.86. The number of rotatable bonds is 8. The fourth-order valence-corrected chi connectivity index (χ4v) is 4.10. The van der Waals surface area contributed by atoms with E-state index >= 15 is 0 Å². The average molecular weight is 438 g/mol. The Morgan fingerprint density at radius 2 is 1.74 bits per heavy atom. The zero-order valence-electron chi connectivity index (χ0n) is 17.3. The van der Waals surface area contributed by atoms with Gasteiger partial charge in [-0.25, -0.2) is 13.1 Å². The van der Waals surface area contributed by atoms with Gasteiger partial charge in [0.25, 0.3) is 0 Å². The quantitative estimate of drug-likeness (QED) is 0.583. The average Bonchev–Trinajstić information content (AvgIpc) is 3.20. The first-order valence-corrected chi connectivity index (χ1v) is 11.1. The van der Waals surface area contributed by atoms with Gasteiger partial charge in [0, 0.05) is 13.1 Å². The van der Waals surface area contributed by atoms with E-state index in [1.54, 1.807) is 16.9 Å². The fourth-order valence-electron chi connectivity index (χ4n) is 2.97. The summed E-state index contributed by atoms with van der Waals surface area (Å²) in [5.41, 5.74) is 2.64. The zero-order valence-corrected chi connectivity index (χ0v) is 18.1. The lowest BCUT2D eigenvalue weighted by Gasteiger charge is -2.17. The molecule has 0 saturated heterocycles. The van der Waals surface area contributed by atoms with Crippen molar-refractivity contribution in [3.8, 4) is 6.07 Å². The Bertz CT molecular complexity index is 1190. The Morgan fingerprint density at radius 1 is 1.10 bits per heavy atom. The molecule has 1 aromatic heterocycles. The largest absolute Gasteiger partial charge is 0.310 e. The molecule has 2 aromatic carbocycles. The Kier molecular flexibility index (Phi) is 6.84. The van der Waals surface area contributed by atoms with Gasteiger partial charge in [0.15, 0.2) is 0 Å². The van der Waals surface area contributed by atoms with Crippen LogP contribution in [0.4, 0.5) is 5.82 Å². The highest BCUT2D eigenvalue weighted by Gasteiger charge is 2.23. The van der Waals surface area contributed by atoms with Gasteiger partial charge in [-0.15, -0.1) is 0 Å². The van der Waals surface area contributed by atoms with Crippen LogP contribution in [-0.2, 0) is 27.8 Å². The van der Waals surface area contributed by atoms with Gasteiger partial charge >= 0.3 is 0 Å². The van der Waals surface area contributed by atoms with Crippen LogP contribution < -0.4 is 5.32 Å². The number of nitriles is 1. The highest BCUT2D eigenvalue weighted by atomic mass is 32.2. The van der Waals surface area contributed by atoms with Crippen molar-refractivity contribution in [3.63, 3.8) is 0 Å². The van der Waals surface area contributed by atoms with Crippen LogP contribution in [0, 0.1) is 11.3 Å². The molecule has 0 unspecified atom stereocenters. The number of aryl methyl sites for hydroxylation is 1. The zero-order chi connectivity index (χ0) is 22.4.